The van der Waals surface area contributed by atoms with Crippen molar-refractivity contribution in [3.63, 3.8) is 0 Å². The number of hydrogen-bond acceptors (Lipinski definition) is 5. The first-order valence-electron chi connectivity index (χ1n) is 5.28. The zero-order valence-electron chi connectivity index (χ0n) is 9.34. The highest BCUT2D eigenvalue weighted by atomic mass is 16.4. The molecule has 1 aromatic heterocycles. The largest absolute Gasteiger partial charge is 0.508 e. The second-order valence-electron chi connectivity index (χ2n) is 3.65. The van der Waals surface area contributed by atoms with Gasteiger partial charge in [0.15, 0.2) is 0 Å². The number of aliphatic hydroxyl groups excluding tert-OH is 1. The number of amides is 1. The van der Waals surface area contributed by atoms with Gasteiger partial charge in [-0.2, -0.15) is 0 Å². The van der Waals surface area contributed by atoms with E-state index in [0.29, 0.717) is 5.39 Å². The van der Waals surface area contributed by atoms with Gasteiger partial charge in [0.25, 0.3) is 5.91 Å². The van der Waals surface area contributed by atoms with Crippen molar-refractivity contribution in [1.82, 2.24) is 5.32 Å². The topological polar surface area (TPSA) is 99.8 Å². The SMILES string of the molecule is O=C(NCCO)c1cc2ccc(O)cc2oc1=O. The summed E-state index contributed by atoms with van der Waals surface area (Å²) in [6.07, 6.45) is 0. The maximum absolute atomic E-state index is 11.6. The van der Waals surface area contributed by atoms with Gasteiger partial charge in [0, 0.05) is 18.0 Å². The van der Waals surface area contributed by atoms with E-state index in [1.807, 2.05) is 0 Å². The highest BCUT2D eigenvalue weighted by Gasteiger charge is 2.13. The molecule has 6 heteroatoms. The van der Waals surface area contributed by atoms with E-state index in [1.54, 1.807) is 0 Å². The van der Waals surface area contributed by atoms with Crippen molar-refractivity contribution in [1.29, 1.82) is 0 Å². The Labute approximate surface area is 101 Å². The van der Waals surface area contributed by atoms with Crippen molar-refractivity contribution in [2.24, 2.45) is 0 Å². The van der Waals surface area contributed by atoms with E-state index in [-0.39, 0.29) is 30.0 Å². The third-order valence-electron chi connectivity index (χ3n) is 2.36. The maximum Gasteiger partial charge on any atom is 0.349 e. The number of benzene rings is 1. The van der Waals surface area contributed by atoms with Crippen LogP contribution >= 0.6 is 0 Å². The molecule has 6 nitrogen and oxygen atoms in total. The Morgan fingerprint density at radius 2 is 2.11 bits per heavy atom. The molecule has 0 atom stereocenters. The van der Waals surface area contributed by atoms with Crippen molar-refractivity contribution in [3.05, 3.63) is 40.2 Å². The molecule has 0 saturated carbocycles. The Hall–Kier alpha value is -2.34. The third kappa shape index (κ3) is 2.33. The summed E-state index contributed by atoms with van der Waals surface area (Å²) in [5.41, 5.74) is -0.719. The van der Waals surface area contributed by atoms with Gasteiger partial charge in [0.1, 0.15) is 16.9 Å². The molecule has 2 rings (SSSR count). The highest BCUT2D eigenvalue weighted by Crippen LogP contribution is 2.19. The fourth-order valence-corrected chi connectivity index (χ4v) is 1.52. The molecule has 0 radical (unpaired) electrons. The molecule has 3 N–H and O–H groups in total. The van der Waals surface area contributed by atoms with Crippen LogP contribution in [0.25, 0.3) is 11.0 Å². The minimum atomic E-state index is -0.788. The fraction of sp³-hybridized carbons (Fsp3) is 0.167. The lowest BCUT2D eigenvalue weighted by Crippen LogP contribution is -2.30. The molecule has 0 unspecified atom stereocenters. The van der Waals surface area contributed by atoms with Gasteiger partial charge in [-0.05, 0) is 18.2 Å². The number of nitrogens with one attached hydrogen (secondary N) is 1. The zero-order chi connectivity index (χ0) is 13.1. The molecule has 0 aliphatic heterocycles. The van der Waals surface area contributed by atoms with Crippen LogP contribution in [0.15, 0.2) is 33.5 Å². The van der Waals surface area contributed by atoms with Crippen LogP contribution in [0, 0.1) is 0 Å². The molecule has 0 aliphatic rings. The van der Waals surface area contributed by atoms with E-state index >= 15 is 0 Å². The van der Waals surface area contributed by atoms with Crippen LogP contribution in [-0.4, -0.2) is 29.3 Å². The van der Waals surface area contributed by atoms with E-state index < -0.39 is 11.5 Å². The average molecular weight is 249 g/mol. The van der Waals surface area contributed by atoms with E-state index in [0.717, 1.165) is 0 Å². The normalized spacial score (nSPS) is 10.5. The van der Waals surface area contributed by atoms with E-state index in [1.165, 1.54) is 24.3 Å². The number of hydrogen-bond donors (Lipinski definition) is 3. The number of phenols is 1. The van der Waals surface area contributed by atoms with Crippen LogP contribution in [-0.2, 0) is 0 Å². The first-order valence-corrected chi connectivity index (χ1v) is 5.28. The minimum Gasteiger partial charge on any atom is -0.508 e. The summed E-state index contributed by atoms with van der Waals surface area (Å²) in [6, 6.07) is 5.65. The van der Waals surface area contributed by atoms with Crippen LogP contribution in [0.2, 0.25) is 0 Å². The lowest BCUT2D eigenvalue weighted by Gasteiger charge is -2.03. The highest BCUT2D eigenvalue weighted by molar-refractivity contribution is 5.96. The molecular weight excluding hydrogens is 238 g/mol. The minimum absolute atomic E-state index is 0.0249. The maximum atomic E-state index is 11.6. The summed E-state index contributed by atoms with van der Waals surface area (Å²) in [7, 11) is 0. The molecule has 18 heavy (non-hydrogen) atoms. The smallest absolute Gasteiger partial charge is 0.349 e. The molecule has 1 heterocycles. The van der Waals surface area contributed by atoms with Crippen LogP contribution in [0.5, 0.6) is 5.75 Å². The molecule has 1 aromatic carbocycles. The van der Waals surface area contributed by atoms with Crippen molar-refractivity contribution < 1.29 is 19.4 Å². The lowest BCUT2D eigenvalue weighted by atomic mass is 10.1. The van der Waals surface area contributed by atoms with Gasteiger partial charge in [-0.15, -0.1) is 0 Å². The summed E-state index contributed by atoms with van der Waals surface area (Å²) in [5, 5.41) is 20.7. The molecule has 94 valence electrons. The molecule has 0 saturated heterocycles. The molecule has 2 aromatic rings. The molecule has 0 spiro atoms. The third-order valence-corrected chi connectivity index (χ3v) is 2.36. The van der Waals surface area contributed by atoms with Crippen molar-refractivity contribution in [2.45, 2.75) is 0 Å². The summed E-state index contributed by atoms with van der Waals surface area (Å²) >= 11 is 0. The Balaban J connectivity index is 2.46. The summed E-state index contributed by atoms with van der Waals surface area (Å²) in [4.78, 5) is 23.2. The predicted molar refractivity (Wildman–Crippen MR) is 63.6 cm³/mol. The first-order chi connectivity index (χ1) is 8.61. The quantitative estimate of drug-likeness (QED) is 0.676. The summed E-state index contributed by atoms with van der Waals surface area (Å²) in [6.45, 7) is -0.148. The standard InChI is InChI=1S/C12H11NO5/c14-4-3-13-11(16)9-5-7-1-2-8(15)6-10(7)18-12(9)17/h1-2,5-6,14-15H,3-4H2,(H,13,16). The fourth-order valence-electron chi connectivity index (χ4n) is 1.52. The van der Waals surface area contributed by atoms with E-state index in [9.17, 15) is 14.7 Å². The molecule has 0 bridgehead atoms. The van der Waals surface area contributed by atoms with Gasteiger partial charge < -0.3 is 19.9 Å². The van der Waals surface area contributed by atoms with Gasteiger partial charge in [-0.1, -0.05) is 0 Å². The second kappa shape index (κ2) is 4.89. The van der Waals surface area contributed by atoms with Gasteiger partial charge in [0.05, 0.1) is 6.61 Å². The van der Waals surface area contributed by atoms with Gasteiger partial charge in [-0.3, -0.25) is 4.79 Å². The first kappa shape index (κ1) is 12.1. The van der Waals surface area contributed by atoms with E-state index in [2.05, 4.69) is 5.32 Å². The second-order valence-corrected chi connectivity index (χ2v) is 3.65. The summed E-state index contributed by atoms with van der Waals surface area (Å²) < 4.78 is 4.94. The molecular formula is C12H11NO5. The van der Waals surface area contributed by atoms with E-state index in [4.69, 9.17) is 9.52 Å². The van der Waals surface area contributed by atoms with Gasteiger partial charge >= 0.3 is 5.63 Å². The van der Waals surface area contributed by atoms with Crippen LogP contribution in [0.4, 0.5) is 0 Å². The van der Waals surface area contributed by atoms with Crippen LogP contribution in [0.3, 0.4) is 0 Å². The van der Waals surface area contributed by atoms with Crippen molar-refractivity contribution in [3.8, 4) is 5.75 Å². The van der Waals surface area contributed by atoms with Crippen molar-refractivity contribution >= 4 is 16.9 Å². The number of aromatic hydroxyl groups is 1. The number of carbonyl (C=O) groups excluding carboxylic acids is 1. The van der Waals surface area contributed by atoms with Crippen LogP contribution < -0.4 is 10.9 Å². The Morgan fingerprint density at radius 1 is 1.33 bits per heavy atom. The number of phenolic OH excluding ortho intramolecular Hbond substituents is 1. The van der Waals surface area contributed by atoms with Crippen molar-refractivity contribution in [2.75, 3.05) is 13.2 Å². The number of rotatable bonds is 3. The van der Waals surface area contributed by atoms with Gasteiger partial charge in [0.2, 0.25) is 0 Å². The summed E-state index contributed by atoms with van der Waals surface area (Å²) in [5.74, 6) is -0.629. The zero-order valence-corrected chi connectivity index (χ0v) is 9.34. The Kier molecular flexibility index (Phi) is 3.29. The van der Waals surface area contributed by atoms with Gasteiger partial charge in [-0.25, -0.2) is 4.79 Å². The number of aliphatic hydroxyl groups is 1. The average Bonchev–Trinajstić information content (AvgIpc) is 2.35. The Morgan fingerprint density at radius 3 is 2.83 bits per heavy atom. The lowest BCUT2D eigenvalue weighted by molar-refractivity contribution is 0.0941. The Bertz CT molecular complexity index is 646. The molecule has 1 amide bonds. The number of carbonyl (C=O) groups is 1. The predicted octanol–water partition coefficient (Wildman–Crippen LogP) is 0.221. The van der Waals surface area contributed by atoms with Crippen LogP contribution in [0.1, 0.15) is 10.4 Å². The number of fused-ring (bicyclic) bond motifs is 1. The molecule has 0 fully saturated rings. The monoisotopic (exact) mass is 249 g/mol. The molecule has 0 aliphatic carbocycles.